The number of piperidine rings is 1. The molecule has 1 saturated heterocycles. The fourth-order valence-electron chi connectivity index (χ4n) is 2.94. The number of nitrogens with zero attached hydrogens (tertiary/aromatic N) is 3. The number of urea groups is 1. The molecule has 0 saturated carbocycles. The van der Waals surface area contributed by atoms with E-state index in [-0.39, 0.29) is 6.03 Å². The first kappa shape index (κ1) is 18.0. The van der Waals surface area contributed by atoms with E-state index in [0.717, 1.165) is 30.4 Å². The molecule has 1 fully saturated rings. The monoisotopic (exact) mass is 355 g/mol. The molecule has 0 spiro atoms. The van der Waals surface area contributed by atoms with Gasteiger partial charge in [-0.05, 0) is 42.5 Å². The summed E-state index contributed by atoms with van der Waals surface area (Å²) in [7, 11) is 1.52. The molecule has 138 valence electrons. The maximum atomic E-state index is 12.1. The molecule has 2 amide bonds. The summed E-state index contributed by atoms with van der Waals surface area (Å²) in [6.45, 7) is 4.81. The van der Waals surface area contributed by atoms with E-state index in [0.29, 0.717) is 18.1 Å². The van der Waals surface area contributed by atoms with Gasteiger partial charge in [0.1, 0.15) is 11.5 Å². The number of nitrogens with one attached hydrogen (secondary N) is 2. The van der Waals surface area contributed by atoms with Gasteiger partial charge in [0.2, 0.25) is 5.88 Å². The van der Waals surface area contributed by atoms with Crippen LogP contribution >= 0.6 is 0 Å². The van der Waals surface area contributed by atoms with E-state index in [1.807, 2.05) is 18.3 Å². The van der Waals surface area contributed by atoms with E-state index in [2.05, 4.69) is 32.4 Å². The maximum Gasteiger partial charge on any atom is 0.319 e. The van der Waals surface area contributed by atoms with Crippen molar-refractivity contribution in [2.24, 2.45) is 5.92 Å². The minimum absolute atomic E-state index is 0.314. The lowest BCUT2D eigenvalue weighted by molar-refractivity contribution is 0.251. The Balaban J connectivity index is 1.50. The van der Waals surface area contributed by atoms with Crippen LogP contribution in [0.3, 0.4) is 0 Å². The molecule has 2 aromatic heterocycles. The number of hydrogen-bond acceptors (Lipinski definition) is 5. The largest absolute Gasteiger partial charge is 0.480 e. The fourth-order valence-corrected chi connectivity index (χ4v) is 2.94. The first-order valence-electron chi connectivity index (χ1n) is 8.89. The van der Waals surface area contributed by atoms with E-state index < -0.39 is 0 Å². The highest BCUT2D eigenvalue weighted by atomic mass is 16.5. The molecule has 2 aromatic rings. The number of anilines is 2. The van der Waals surface area contributed by atoms with Crippen molar-refractivity contribution < 1.29 is 9.53 Å². The standard InChI is InChI=1S/C19H25N5O2/c1-14-7-10-24(11-8-14)17-6-5-15(12-21-17)13-22-19(25)23-16-4-3-9-20-18(16)26-2/h3-6,9,12,14H,7-8,10-11,13H2,1-2H3,(H2,22,23,25). The number of rotatable bonds is 5. The highest BCUT2D eigenvalue weighted by Crippen LogP contribution is 2.21. The van der Waals surface area contributed by atoms with E-state index in [9.17, 15) is 4.79 Å². The van der Waals surface area contributed by atoms with Gasteiger partial charge in [0.05, 0.1) is 7.11 Å². The van der Waals surface area contributed by atoms with Crippen molar-refractivity contribution in [2.75, 3.05) is 30.4 Å². The summed E-state index contributed by atoms with van der Waals surface area (Å²) in [6, 6.07) is 7.19. The third kappa shape index (κ3) is 4.62. The molecule has 2 N–H and O–H groups in total. The highest BCUT2D eigenvalue weighted by molar-refractivity contribution is 5.90. The SMILES string of the molecule is COc1ncccc1NC(=O)NCc1ccc(N2CCC(C)CC2)nc1. The van der Waals surface area contributed by atoms with E-state index in [4.69, 9.17) is 4.74 Å². The third-order valence-corrected chi connectivity index (χ3v) is 4.58. The Morgan fingerprint density at radius 2 is 2.08 bits per heavy atom. The van der Waals surface area contributed by atoms with Crippen LogP contribution in [0.5, 0.6) is 5.88 Å². The van der Waals surface area contributed by atoms with Gasteiger partial charge in [0, 0.05) is 32.0 Å². The lowest BCUT2D eigenvalue weighted by atomic mass is 9.99. The minimum Gasteiger partial charge on any atom is -0.480 e. The number of pyridine rings is 2. The number of carbonyl (C=O) groups excluding carboxylic acids is 1. The lowest BCUT2D eigenvalue weighted by Crippen LogP contribution is -2.33. The second-order valence-electron chi connectivity index (χ2n) is 6.56. The van der Waals surface area contributed by atoms with E-state index >= 15 is 0 Å². The summed E-state index contributed by atoms with van der Waals surface area (Å²) in [5.74, 6) is 2.18. The summed E-state index contributed by atoms with van der Waals surface area (Å²) >= 11 is 0. The smallest absolute Gasteiger partial charge is 0.319 e. The van der Waals surface area contributed by atoms with Crippen LogP contribution in [0.4, 0.5) is 16.3 Å². The molecule has 3 heterocycles. The van der Waals surface area contributed by atoms with Crippen LogP contribution in [-0.4, -0.2) is 36.2 Å². The number of ether oxygens (including phenoxy) is 1. The Morgan fingerprint density at radius 3 is 2.77 bits per heavy atom. The van der Waals surface area contributed by atoms with Crippen molar-refractivity contribution in [3.63, 3.8) is 0 Å². The van der Waals surface area contributed by atoms with Gasteiger partial charge in [0.15, 0.2) is 0 Å². The quantitative estimate of drug-likeness (QED) is 0.862. The van der Waals surface area contributed by atoms with Gasteiger partial charge in [0.25, 0.3) is 0 Å². The fraction of sp³-hybridized carbons (Fsp3) is 0.421. The van der Waals surface area contributed by atoms with Crippen molar-refractivity contribution >= 4 is 17.5 Å². The predicted molar refractivity (Wildman–Crippen MR) is 101 cm³/mol. The van der Waals surface area contributed by atoms with Crippen molar-refractivity contribution in [3.8, 4) is 5.88 Å². The van der Waals surface area contributed by atoms with Gasteiger partial charge >= 0.3 is 6.03 Å². The van der Waals surface area contributed by atoms with Crippen molar-refractivity contribution in [1.29, 1.82) is 0 Å². The molecule has 0 aromatic carbocycles. The zero-order valence-corrected chi connectivity index (χ0v) is 15.2. The predicted octanol–water partition coefficient (Wildman–Crippen LogP) is 3.04. The molecular weight excluding hydrogens is 330 g/mol. The summed E-state index contributed by atoms with van der Waals surface area (Å²) in [6.07, 6.45) is 5.85. The number of amides is 2. The Bertz CT molecular complexity index is 727. The topological polar surface area (TPSA) is 79.4 Å². The Hall–Kier alpha value is -2.83. The summed E-state index contributed by atoms with van der Waals surface area (Å²) in [5.41, 5.74) is 1.48. The average Bonchev–Trinajstić information content (AvgIpc) is 2.68. The van der Waals surface area contributed by atoms with Gasteiger partial charge in [-0.25, -0.2) is 14.8 Å². The Morgan fingerprint density at radius 1 is 1.27 bits per heavy atom. The molecule has 1 aliphatic rings. The molecule has 7 heteroatoms. The summed E-state index contributed by atoms with van der Waals surface area (Å²) in [4.78, 5) is 23.0. The molecule has 26 heavy (non-hydrogen) atoms. The zero-order chi connectivity index (χ0) is 18.4. The molecule has 1 aliphatic heterocycles. The first-order valence-corrected chi connectivity index (χ1v) is 8.89. The number of carbonyl (C=O) groups is 1. The summed E-state index contributed by atoms with van der Waals surface area (Å²) < 4.78 is 5.12. The van der Waals surface area contributed by atoms with Crippen LogP contribution in [0.2, 0.25) is 0 Å². The van der Waals surface area contributed by atoms with Crippen LogP contribution in [0, 0.1) is 5.92 Å². The molecule has 7 nitrogen and oxygen atoms in total. The number of hydrogen-bond donors (Lipinski definition) is 2. The highest BCUT2D eigenvalue weighted by Gasteiger charge is 2.16. The Labute approximate surface area is 153 Å². The van der Waals surface area contributed by atoms with Gasteiger partial charge in [-0.1, -0.05) is 13.0 Å². The molecule has 0 unspecified atom stereocenters. The van der Waals surface area contributed by atoms with Gasteiger partial charge in [-0.15, -0.1) is 0 Å². The van der Waals surface area contributed by atoms with Crippen LogP contribution in [0.1, 0.15) is 25.3 Å². The van der Waals surface area contributed by atoms with Crippen molar-refractivity contribution in [3.05, 3.63) is 42.2 Å². The molecule has 0 radical (unpaired) electrons. The van der Waals surface area contributed by atoms with Crippen LogP contribution in [0.25, 0.3) is 0 Å². The molecule has 0 bridgehead atoms. The van der Waals surface area contributed by atoms with Crippen molar-refractivity contribution in [2.45, 2.75) is 26.3 Å². The molecular formula is C19H25N5O2. The number of methoxy groups -OCH3 is 1. The van der Waals surface area contributed by atoms with Crippen LogP contribution < -0.4 is 20.3 Å². The average molecular weight is 355 g/mol. The molecule has 0 atom stereocenters. The zero-order valence-electron chi connectivity index (χ0n) is 15.2. The lowest BCUT2D eigenvalue weighted by Gasteiger charge is -2.31. The molecule has 0 aliphatic carbocycles. The normalized spacial score (nSPS) is 14.8. The van der Waals surface area contributed by atoms with Gasteiger partial charge in [-0.2, -0.15) is 0 Å². The third-order valence-electron chi connectivity index (χ3n) is 4.58. The first-order chi connectivity index (χ1) is 12.7. The molecule has 3 rings (SSSR count). The van der Waals surface area contributed by atoms with Crippen molar-refractivity contribution in [1.82, 2.24) is 15.3 Å². The maximum absolute atomic E-state index is 12.1. The van der Waals surface area contributed by atoms with Crippen LogP contribution in [-0.2, 0) is 6.54 Å². The van der Waals surface area contributed by atoms with Gasteiger partial charge < -0.3 is 20.3 Å². The van der Waals surface area contributed by atoms with E-state index in [1.54, 1.807) is 18.3 Å². The van der Waals surface area contributed by atoms with Crippen LogP contribution in [0.15, 0.2) is 36.7 Å². The van der Waals surface area contributed by atoms with E-state index in [1.165, 1.54) is 20.0 Å². The second-order valence-corrected chi connectivity index (χ2v) is 6.56. The Kier molecular flexibility index (Phi) is 5.88. The van der Waals surface area contributed by atoms with Gasteiger partial charge in [-0.3, -0.25) is 0 Å². The number of aromatic nitrogens is 2. The summed E-state index contributed by atoms with van der Waals surface area (Å²) in [5, 5.41) is 5.55. The second kappa shape index (κ2) is 8.51. The minimum atomic E-state index is -0.314.